The van der Waals surface area contributed by atoms with Crippen molar-refractivity contribution >= 4 is 0 Å². The fourth-order valence-electron chi connectivity index (χ4n) is 0.619. The Morgan fingerprint density at radius 2 is 2.33 bits per heavy atom. The zero-order valence-corrected chi connectivity index (χ0v) is 5.46. The molecule has 0 aliphatic carbocycles. The molecule has 0 bridgehead atoms. The van der Waals surface area contributed by atoms with Gasteiger partial charge in [-0.2, -0.15) is 0 Å². The number of hydrogen-bond acceptors (Lipinski definition) is 1. The smallest absolute Gasteiger partial charge is 0.0372 e. The summed E-state index contributed by atoms with van der Waals surface area (Å²) in [7, 11) is 0. The molecule has 0 aromatic carbocycles. The normalized spacial score (nSPS) is 9.56. The lowest BCUT2D eigenvalue weighted by Gasteiger charge is -1.93. The first kappa shape index (κ1) is 6.27. The van der Waals surface area contributed by atoms with Crippen LogP contribution in [0.1, 0.15) is 11.3 Å². The maximum Gasteiger partial charge on any atom is 0.0372 e. The van der Waals surface area contributed by atoms with Gasteiger partial charge in [-0.1, -0.05) is 6.07 Å². The molecule has 1 heteroatoms. The Bertz CT molecular complexity index is 176. The average Bonchev–Trinajstić information content (AvgIpc) is 1.90. The van der Waals surface area contributed by atoms with Crippen molar-refractivity contribution in [2.45, 2.75) is 13.3 Å². The van der Waals surface area contributed by atoms with Crippen molar-refractivity contribution in [3.8, 4) is 0 Å². The van der Waals surface area contributed by atoms with Crippen LogP contribution in [0.4, 0.5) is 0 Å². The monoisotopic (exact) mass is 119 g/mol. The molecule has 1 heterocycles. The zero-order chi connectivity index (χ0) is 6.69. The highest BCUT2D eigenvalue weighted by atomic mass is 14.6. The van der Waals surface area contributed by atoms with Gasteiger partial charge in [0.2, 0.25) is 0 Å². The Morgan fingerprint density at radius 3 is 2.78 bits per heavy atom. The molecule has 2 radical (unpaired) electrons. The molecular weight excluding hydrogens is 110 g/mol. The van der Waals surface area contributed by atoms with Gasteiger partial charge in [-0.3, -0.25) is 4.98 Å². The van der Waals surface area contributed by atoms with Crippen molar-refractivity contribution in [2.75, 3.05) is 0 Å². The molecule has 1 aromatic rings. The Labute approximate surface area is 55.7 Å². The van der Waals surface area contributed by atoms with E-state index < -0.39 is 0 Å². The van der Waals surface area contributed by atoms with E-state index in [4.69, 9.17) is 6.92 Å². The minimum atomic E-state index is 0.577. The van der Waals surface area contributed by atoms with Crippen LogP contribution in [0, 0.1) is 13.8 Å². The van der Waals surface area contributed by atoms with E-state index in [0.29, 0.717) is 6.42 Å². The lowest BCUT2D eigenvalue weighted by molar-refractivity contribution is 1.13. The first-order chi connectivity index (χ1) is 4.33. The Balaban J connectivity index is 2.88. The third-order valence-electron chi connectivity index (χ3n) is 1.21. The number of aromatic nitrogens is 1. The summed E-state index contributed by atoms with van der Waals surface area (Å²) in [5.41, 5.74) is 2.12. The average molecular weight is 119 g/mol. The molecule has 46 valence electrons. The number of hydrogen-bond donors (Lipinski definition) is 0. The van der Waals surface area contributed by atoms with Gasteiger partial charge < -0.3 is 0 Å². The van der Waals surface area contributed by atoms with E-state index in [-0.39, 0.29) is 0 Å². The predicted molar refractivity (Wildman–Crippen MR) is 37.0 cm³/mol. The first-order valence-electron chi connectivity index (χ1n) is 2.94. The molecule has 0 saturated carbocycles. The third-order valence-corrected chi connectivity index (χ3v) is 1.21. The molecule has 0 saturated heterocycles. The summed E-state index contributed by atoms with van der Waals surface area (Å²) in [4.78, 5) is 4.07. The van der Waals surface area contributed by atoms with Crippen LogP contribution in [0.5, 0.6) is 0 Å². The highest BCUT2D eigenvalue weighted by Crippen LogP contribution is 1.98. The molecule has 1 nitrogen and oxygen atoms in total. The summed E-state index contributed by atoms with van der Waals surface area (Å²) < 4.78 is 0. The highest BCUT2D eigenvalue weighted by Gasteiger charge is 1.86. The Hall–Kier alpha value is -0.850. The summed E-state index contributed by atoms with van der Waals surface area (Å²) in [6, 6.07) is 3.95. The van der Waals surface area contributed by atoms with E-state index >= 15 is 0 Å². The second kappa shape index (κ2) is 2.62. The quantitative estimate of drug-likeness (QED) is 0.547. The van der Waals surface area contributed by atoms with Crippen LogP contribution in [0.25, 0.3) is 0 Å². The molecule has 0 spiro atoms. The zero-order valence-electron chi connectivity index (χ0n) is 5.46. The van der Waals surface area contributed by atoms with E-state index in [2.05, 4.69) is 4.98 Å². The lowest BCUT2D eigenvalue weighted by atomic mass is 10.2. The standard InChI is InChI=1S/C8H9N/c1-3-8-5-4-7(2)9-6-8/h1,4-6H,3H2,2H3. The Kier molecular flexibility index (Phi) is 1.83. The number of rotatable bonds is 1. The van der Waals surface area contributed by atoms with Gasteiger partial charge in [-0.05, 0) is 31.9 Å². The molecule has 1 rings (SSSR count). The topological polar surface area (TPSA) is 12.9 Å². The maximum atomic E-state index is 5.36. The van der Waals surface area contributed by atoms with Crippen molar-refractivity contribution in [3.05, 3.63) is 36.5 Å². The van der Waals surface area contributed by atoms with Crippen LogP contribution in [-0.4, -0.2) is 4.98 Å². The second-order valence-corrected chi connectivity index (χ2v) is 2.01. The highest BCUT2D eigenvalue weighted by molar-refractivity contribution is 5.13. The number of aryl methyl sites for hydroxylation is 1. The molecule has 1 aromatic heterocycles. The molecule has 0 unspecified atom stereocenters. The van der Waals surface area contributed by atoms with E-state index in [9.17, 15) is 0 Å². The van der Waals surface area contributed by atoms with Crippen LogP contribution >= 0.6 is 0 Å². The molecule has 9 heavy (non-hydrogen) atoms. The largest absolute Gasteiger partial charge is 0.261 e. The predicted octanol–water partition coefficient (Wildman–Crippen LogP) is 1.64. The Morgan fingerprint density at radius 1 is 1.56 bits per heavy atom. The van der Waals surface area contributed by atoms with Crippen molar-refractivity contribution in [2.24, 2.45) is 0 Å². The van der Waals surface area contributed by atoms with Gasteiger partial charge >= 0.3 is 0 Å². The summed E-state index contributed by atoms with van der Waals surface area (Å²) in [5, 5.41) is 0. The minimum absolute atomic E-state index is 0.577. The van der Waals surface area contributed by atoms with E-state index in [1.165, 1.54) is 0 Å². The number of pyridine rings is 1. The summed E-state index contributed by atoms with van der Waals surface area (Å²) in [6.45, 7) is 7.32. The SMILES string of the molecule is [CH]Cc1ccc(C)nc1. The fourth-order valence-corrected chi connectivity index (χ4v) is 0.619. The van der Waals surface area contributed by atoms with Crippen LogP contribution < -0.4 is 0 Å². The molecule has 0 amide bonds. The molecule has 0 fully saturated rings. The molecule has 0 atom stereocenters. The van der Waals surface area contributed by atoms with Crippen LogP contribution in [0.2, 0.25) is 0 Å². The van der Waals surface area contributed by atoms with Crippen molar-refractivity contribution in [1.82, 2.24) is 4.98 Å². The molecule has 0 aliphatic heterocycles. The van der Waals surface area contributed by atoms with Gasteiger partial charge in [0.1, 0.15) is 0 Å². The van der Waals surface area contributed by atoms with Gasteiger partial charge in [-0.25, -0.2) is 0 Å². The van der Waals surface area contributed by atoms with Crippen LogP contribution in [-0.2, 0) is 6.42 Å². The van der Waals surface area contributed by atoms with Crippen molar-refractivity contribution in [1.29, 1.82) is 0 Å². The third kappa shape index (κ3) is 1.53. The van der Waals surface area contributed by atoms with Gasteiger partial charge in [0, 0.05) is 11.9 Å². The first-order valence-corrected chi connectivity index (χ1v) is 2.94. The number of nitrogens with zero attached hydrogens (tertiary/aromatic N) is 1. The van der Waals surface area contributed by atoms with E-state index in [1.54, 1.807) is 6.20 Å². The van der Waals surface area contributed by atoms with E-state index in [0.717, 1.165) is 11.3 Å². The molecule has 0 N–H and O–H groups in total. The fraction of sp³-hybridized carbons (Fsp3) is 0.250. The van der Waals surface area contributed by atoms with Crippen LogP contribution in [0.3, 0.4) is 0 Å². The van der Waals surface area contributed by atoms with Gasteiger partial charge in [0.25, 0.3) is 0 Å². The van der Waals surface area contributed by atoms with E-state index in [1.807, 2.05) is 19.1 Å². The van der Waals surface area contributed by atoms with Gasteiger partial charge in [0.05, 0.1) is 0 Å². The van der Waals surface area contributed by atoms with Gasteiger partial charge in [0.15, 0.2) is 0 Å². The maximum absolute atomic E-state index is 5.36. The summed E-state index contributed by atoms with van der Waals surface area (Å²) in [6.07, 6.45) is 2.38. The second-order valence-electron chi connectivity index (χ2n) is 2.01. The van der Waals surface area contributed by atoms with Gasteiger partial charge in [-0.15, -0.1) is 0 Å². The van der Waals surface area contributed by atoms with Crippen molar-refractivity contribution < 1.29 is 0 Å². The minimum Gasteiger partial charge on any atom is -0.261 e. The summed E-state index contributed by atoms with van der Waals surface area (Å²) >= 11 is 0. The molecular formula is C8H9N. The molecule has 0 aliphatic rings. The van der Waals surface area contributed by atoms with Crippen LogP contribution in [0.15, 0.2) is 18.3 Å². The van der Waals surface area contributed by atoms with Crippen molar-refractivity contribution in [3.63, 3.8) is 0 Å². The lowest BCUT2D eigenvalue weighted by Crippen LogP contribution is -1.83. The summed E-state index contributed by atoms with van der Waals surface area (Å²) in [5.74, 6) is 0.